The molecule has 1 aliphatic rings. The van der Waals surface area contributed by atoms with E-state index in [1.54, 1.807) is 0 Å². The number of rotatable bonds is 5. The summed E-state index contributed by atoms with van der Waals surface area (Å²) in [6.45, 7) is -0.962. The van der Waals surface area contributed by atoms with Crippen LogP contribution < -0.4 is 10.3 Å². The SMILES string of the molecule is N=c1c2ncn([C@@H]3O[C@H](CO)[C@@H](O)[C@H]3O)c2ncn1OCc1c(F)cccc1F. The summed E-state index contributed by atoms with van der Waals surface area (Å²) < 4.78 is 35.1. The van der Waals surface area contributed by atoms with Gasteiger partial charge in [-0.15, -0.1) is 0 Å². The summed E-state index contributed by atoms with van der Waals surface area (Å²) in [7, 11) is 0. The van der Waals surface area contributed by atoms with E-state index in [1.165, 1.54) is 17.0 Å². The third kappa shape index (κ3) is 3.25. The molecule has 4 N–H and O–H groups in total. The van der Waals surface area contributed by atoms with E-state index in [2.05, 4.69) is 9.97 Å². The van der Waals surface area contributed by atoms with Crippen molar-refractivity contribution >= 4 is 11.2 Å². The van der Waals surface area contributed by atoms with Crippen LogP contribution in [-0.4, -0.2) is 59.5 Å². The molecule has 10 nitrogen and oxygen atoms in total. The fourth-order valence-corrected chi connectivity index (χ4v) is 3.12. The van der Waals surface area contributed by atoms with E-state index >= 15 is 0 Å². The van der Waals surface area contributed by atoms with Gasteiger partial charge in [-0.25, -0.2) is 18.7 Å². The lowest BCUT2D eigenvalue weighted by Gasteiger charge is -2.16. The third-order valence-electron chi connectivity index (χ3n) is 4.70. The summed E-state index contributed by atoms with van der Waals surface area (Å²) in [6.07, 6.45) is -2.31. The van der Waals surface area contributed by atoms with Crippen molar-refractivity contribution in [3.05, 3.63) is 53.5 Å². The van der Waals surface area contributed by atoms with Gasteiger partial charge in [0.05, 0.1) is 18.5 Å². The number of halogens is 2. The average Bonchev–Trinajstić information content (AvgIpc) is 3.25. The van der Waals surface area contributed by atoms with Crippen LogP contribution in [0.3, 0.4) is 0 Å². The number of fused-ring (bicyclic) bond motifs is 1. The van der Waals surface area contributed by atoms with Crippen LogP contribution in [0.25, 0.3) is 11.2 Å². The molecule has 12 heteroatoms. The van der Waals surface area contributed by atoms with Crippen molar-refractivity contribution in [2.24, 2.45) is 0 Å². The van der Waals surface area contributed by atoms with Crippen molar-refractivity contribution in [2.75, 3.05) is 6.61 Å². The predicted octanol–water partition coefficient (Wildman–Crippen LogP) is -0.769. The first kappa shape index (κ1) is 19.4. The first-order valence-electron chi connectivity index (χ1n) is 8.59. The maximum absolute atomic E-state index is 13.7. The molecule has 4 atom stereocenters. The number of hydrogen-bond donors (Lipinski definition) is 4. The molecule has 3 heterocycles. The van der Waals surface area contributed by atoms with Crippen LogP contribution in [0, 0.1) is 17.0 Å². The minimum absolute atomic E-state index is 0.0687. The molecule has 1 aromatic carbocycles. The number of aromatic nitrogens is 4. The number of aliphatic hydroxyl groups excluding tert-OH is 3. The van der Waals surface area contributed by atoms with Gasteiger partial charge >= 0.3 is 0 Å². The van der Waals surface area contributed by atoms with Crippen molar-refractivity contribution in [2.45, 2.75) is 31.1 Å². The lowest BCUT2D eigenvalue weighted by atomic mass is 10.1. The molecular weight excluding hydrogens is 392 g/mol. The molecule has 2 aromatic heterocycles. The summed E-state index contributed by atoms with van der Waals surface area (Å²) in [6, 6.07) is 3.42. The largest absolute Gasteiger partial charge is 0.406 e. The van der Waals surface area contributed by atoms with Crippen LogP contribution in [0.4, 0.5) is 8.78 Å². The number of imidazole rings is 1. The van der Waals surface area contributed by atoms with Crippen molar-refractivity contribution in [3.63, 3.8) is 0 Å². The number of hydrogen-bond acceptors (Lipinski definition) is 8. The Morgan fingerprint density at radius 2 is 1.86 bits per heavy atom. The second-order valence-electron chi connectivity index (χ2n) is 6.45. The summed E-state index contributed by atoms with van der Waals surface area (Å²) in [5.41, 5.74) is -0.324. The molecule has 0 aliphatic carbocycles. The second kappa shape index (κ2) is 7.48. The zero-order valence-electron chi connectivity index (χ0n) is 14.8. The maximum atomic E-state index is 13.7. The van der Waals surface area contributed by atoms with Crippen LogP contribution in [0.2, 0.25) is 0 Å². The van der Waals surface area contributed by atoms with E-state index in [4.69, 9.17) is 15.0 Å². The van der Waals surface area contributed by atoms with Gasteiger partial charge < -0.3 is 24.9 Å². The highest BCUT2D eigenvalue weighted by molar-refractivity contribution is 5.68. The number of aliphatic hydroxyl groups is 3. The van der Waals surface area contributed by atoms with E-state index in [9.17, 15) is 24.1 Å². The zero-order chi connectivity index (χ0) is 20.7. The normalized spacial score (nSPS) is 24.3. The lowest BCUT2D eigenvalue weighted by Crippen LogP contribution is -2.33. The molecule has 0 spiro atoms. The number of nitrogens with zero attached hydrogens (tertiary/aromatic N) is 4. The van der Waals surface area contributed by atoms with Gasteiger partial charge in [-0.1, -0.05) is 6.07 Å². The number of benzene rings is 1. The summed E-state index contributed by atoms with van der Waals surface area (Å²) in [4.78, 5) is 13.4. The molecule has 4 rings (SSSR count). The van der Waals surface area contributed by atoms with Gasteiger partial charge in [0.25, 0.3) is 0 Å². The zero-order valence-corrected chi connectivity index (χ0v) is 14.8. The Morgan fingerprint density at radius 1 is 1.14 bits per heavy atom. The van der Waals surface area contributed by atoms with E-state index in [0.717, 1.165) is 23.2 Å². The summed E-state index contributed by atoms with van der Waals surface area (Å²) >= 11 is 0. The molecule has 0 unspecified atom stereocenters. The Morgan fingerprint density at radius 3 is 2.52 bits per heavy atom. The molecule has 0 bridgehead atoms. The molecule has 0 radical (unpaired) electrons. The monoisotopic (exact) mass is 409 g/mol. The van der Waals surface area contributed by atoms with Crippen LogP contribution in [0.1, 0.15) is 11.8 Å². The molecule has 3 aromatic rings. The Hall–Kier alpha value is -2.93. The minimum atomic E-state index is -1.34. The van der Waals surface area contributed by atoms with E-state index in [-0.39, 0.29) is 22.2 Å². The topological polar surface area (TPSA) is 139 Å². The quantitative estimate of drug-likeness (QED) is 0.434. The van der Waals surface area contributed by atoms with Crippen LogP contribution in [0.15, 0.2) is 30.9 Å². The Labute approximate surface area is 161 Å². The highest BCUT2D eigenvalue weighted by Gasteiger charge is 2.44. The minimum Gasteiger partial charge on any atom is -0.406 e. The first-order chi connectivity index (χ1) is 13.9. The van der Waals surface area contributed by atoms with Gasteiger partial charge in [0.1, 0.15) is 42.9 Å². The van der Waals surface area contributed by atoms with Gasteiger partial charge in [-0.2, -0.15) is 4.73 Å². The summed E-state index contributed by atoms with van der Waals surface area (Å²) in [5, 5.41) is 37.5. The first-order valence-corrected chi connectivity index (χ1v) is 8.59. The van der Waals surface area contributed by atoms with Gasteiger partial charge in [0, 0.05) is 0 Å². The fraction of sp³-hybridized carbons (Fsp3) is 0.353. The van der Waals surface area contributed by atoms with E-state index in [0.29, 0.717) is 0 Å². The van der Waals surface area contributed by atoms with Crippen molar-refractivity contribution in [1.29, 1.82) is 5.41 Å². The van der Waals surface area contributed by atoms with Crippen LogP contribution in [0.5, 0.6) is 0 Å². The predicted molar refractivity (Wildman–Crippen MR) is 91.0 cm³/mol. The fourth-order valence-electron chi connectivity index (χ4n) is 3.12. The molecular formula is C17H17F2N5O5. The molecule has 1 aliphatic heterocycles. The van der Waals surface area contributed by atoms with Crippen LogP contribution in [-0.2, 0) is 11.3 Å². The maximum Gasteiger partial charge on any atom is 0.192 e. The van der Waals surface area contributed by atoms with Crippen molar-refractivity contribution in [3.8, 4) is 0 Å². The average molecular weight is 409 g/mol. The van der Waals surface area contributed by atoms with Crippen molar-refractivity contribution in [1.82, 2.24) is 19.3 Å². The Kier molecular flexibility index (Phi) is 5.00. The molecule has 29 heavy (non-hydrogen) atoms. The lowest BCUT2D eigenvalue weighted by molar-refractivity contribution is -0.0511. The van der Waals surface area contributed by atoms with Gasteiger partial charge in [0.15, 0.2) is 22.9 Å². The van der Waals surface area contributed by atoms with E-state index in [1.807, 2.05) is 0 Å². The number of nitrogens with one attached hydrogen (secondary N) is 1. The number of ether oxygens (including phenoxy) is 1. The van der Waals surface area contributed by atoms with Gasteiger partial charge in [-0.3, -0.25) is 9.98 Å². The Bertz CT molecular complexity index is 1080. The van der Waals surface area contributed by atoms with Crippen LogP contribution >= 0.6 is 0 Å². The summed E-state index contributed by atoms with van der Waals surface area (Å²) in [5.74, 6) is -1.56. The smallest absolute Gasteiger partial charge is 0.192 e. The molecule has 1 fully saturated rings. The van der Waals surface area contributed by atoms with Gasteiger partial charge in [-0.05, 0) is 12.1 Å². The van der Waals surface area contributed by atoms with Crippen molar-refractivity contribution < 1.29 is 33.7 Å². The van der Waals surface area contributed by atoms with E-state index < -0.39 is 49.4 Å². The molecule has 1 saturated heterocycles. The molecule has 0 saturated carbocycles. The molecule has 0 amide bonds. The third-order valence-corrected chi connectivity index (χ3v) is 4.70. The second-order valence-corrected chi connectivity index (χ2v) is 6.45. The highest BCUT2D eigenvalue weighted by Crippen LogP contribution is 2.30. The molecule has 154 valence electrons. The van der Waals surface area contributed by atoms with Gasteiger partial charge in [0.2, 0.25) is 0 Å². The highest BCUT2D eigenvalue weighted by atomic mass is 19.1. The standard InChI is InChI=1S/C17H17F2N5O5/c18-9-2-1-3-10(19)8(9)5-28-24-7-22-16-12(15(24)20)21-6-23(16)17-14(27)13(26)11(4-25)29-17/h1-3,6-7,11,13-14,17,20,25-27H,4-5H2/t11-,13-,14-,17-/m1/s1. The Balaban J connectivity index is 1.62.